The molecule has 3 aromatic heterocycles. The van der Waals surface area contributed by atoms with Crippen molar-refractivity contribution in [2.24, 2.45) is 30.7 Å². The molecule has 7 N–H and O–H groups in total. The minimum absolute atomic E-state index is 0.00229. The fraction of sp³-hybridized carbons (Fsp3) is 0.0750. The average Bonchev–Trinajstić information content (AvgIpc) is 3.99. The molecule has 0 spiro atoms. The van der Waals surface area contributed by atoms with Gasteiger partial charge in [-0.15, -0.1) is 49.6 Å². The summed E-state index contributed by atoms with van der Waals surface area (Å²) < 4.78 is 83.0. The average molecular weight is 1110 g/mol. The Morgan fingerprint density at radius 2 is 1.48 bits per heavy atom. The number of rotatable bonds is 19. The quantitative estimate of drug-likeness (QED) is 0.00752. The topological polar surface area (TPSA) is 397 Å². The molecule has 73 heavy (non-hydrogen) atoms. The summed E-state index contributed by atoms with van der Waals surface area (Å²) in [5.41, 5.74) is -1.53. The lowest BCUT2D eigenvalue weighted by molar-refractivity contribution is -0.432. The van der Waals surface area contributed by atoms with Crippen LogP contribution < -0.4 is 5.32 Å². The number of nitrogens with one attached hydrogen (secondary N) is 1. The van der Waals surface area contributed by atoms with Gasteiger partial charge in [0, 0.05) is 40.1 Å². The summed E-state index contributed by atoms with van der Waals surface area (Å²) in [6.07, 6.45) is 0. The van der Waals surface area contributed by atoms with Crippen molar-refractivity contribution in [2.75, 3.05) is 16.8 Å². The second-order valence-corrected chi connectivity index (χ2v) is 20.9. The van der Waals surface area contributed by atoms with Crippen LogP contribution in [-0.4, -0.2) is 83.7 Å². The lowest BCUT2D eigenvalue weighted by atomic mass is 10.1. The molecule has 0 aliphatic rings. The van der Waals surface area contributed by atoms with E-state index in [-0.39, 0.29) is 72.2 Å². The van der Waals surface area contributed by atoms with E-state index >= 15 is 0 Å². The molecule has 0 atom stereocenters. The first-order chi connectivity index (χ1) is 35.0. The molecule has 0 aliphatic carbocycles. The summed E-state index contributed by atoms with van der Waals surface area (Å²) in [4.78, 5) is 15.8. The first-order valence-electron chi connectivity index (χ1n) is 19.8. The minimum atomic E-state index is -5.23. The predicted molar refractivity (Wildman–Crippen MR) is 261 cm³/mol. The third-order valence-corrected chi connectivity index (χ3v) is 15.0. The van der Waals surface area contributed by atoms with Crippen LogP contribution >= 0.6 is 47.2 Å². The fourth-order valence-electron chi connectivity index (χ4n) is 6.71. The highest BCUT2D eigenvalue weighted by molar-refractivity contribution is 8.02. The SMILES string of the molecule is Cc1c(N=Nc2cc3c(O)c(N=Nc4cc(NC(=O)c5ccccc5)c(N=Nc5nnc(SCCSOOO)s5)cc4S(=O)(=O)O)c(SOOO)cc3cc2S(=O)(=O)O)c(O)n2c(nc3ccccc32)c1C#N. The standard InChI is InChI=1S/C40H28N12O15S6/c1-19-23(18-41)36-42-24-9-5-6-10-29(24)52(36)38(55)33(19)47-45-27-15-22-21(14-31(27)72(58,59)60)13-30(71-67-65-57)34(35(22)53)48-46-28-16-25(43-37(54)20-7-3-2-4-8-20)26(17-32(28)73(61,62)63)44-49-39-50-51-40(70-39)68-11-12-69-66-64-56/h2-10,13-17,53,55-57H,11-12H2,1H3,(H,43,54)(H,58,59,60)(H,61,62,63). The molecule has 33 heteroatoms. The number of anilines is 1. The van der Waals surface area contributed by atoms with Crippen molar-refractivity contribution in [2.45, 2.75) is 25.9 Å². The number of azo groups is 3. The van der Waals surface area contributed by atoms with Crippen LogP contribution in [0.4, 0.5) is 39.3 Å². The number of para-hydroxylation sites is 2. The number of hydrogen-bond donors (Lipinski definition) is 7. The first kappa shape index (κ1) is 52.2. The van der Waals surface area contributed by atoms with Crippen LogP contribution in [0.5, 0.6) is 11.6 Å². The van der Waals surface area contributed by atoms with Crippen molar-refractivity contribution < 1.29 is 70.2 Å². The predicted octanol–water partition coefficient (Wildman–Crippen LogP) is 10.7. The number of aromatic nitrogens is 4. The summed E-state index contributed by atoms with van der Waals surface area (Å²) >= 11 is 3.27. The number of amides is 1. The van der Waals surface area contributed by atoms with Crippen molar-refractivity contribution in [3.8, 4) is 17.7 Å². The Balaban J connectivity index is 1.24. The minimum Gasteiger partial charge on any atom is -0.505 e. The third-order valence-electron chi connectivity index (χ3n) is 9.88. The van der Waals surface area contributed by atoms with Crippen molar-refractivity contribution >= 4 is 140 Å². The van der Waals surface area contributed by atoms with Crippen LogP contribution in [0, 0.1) is 18.3 Å². The van der Waals surface area contributed by atoms with Gasteiger partial charge in [-0.1, -0.05) is 63.5 Å². The Morgan fingerprint density at radius 1 is 0.808 bits per heavy atom. The number of phenolic OH excluding ortho intramolecular Hbond substituents is 1. The van der Waals surface area contributed by atoms with E-state index in [9.17, 15) is 46.2 Å². The Bertz CT molecular complexity index is 3840. The van der Waals surface area contributed by atoms with E-state index in [2.05, 4.69) is 69.9 Å². The van der Waals surface area contributed by atoms with Gasteiger partial charge in [0.05, 0.1) is 33.7 Å². The Hall–Kier alpha value is -7.14. The number of carbonyl (C=O) groups excluding carboxylic acids is 1. The van der Waals surface area contributed by atoms with Gasteiger partial charge in [0.1, 0.15) is 44.2 Å². The van der Waals surface area contributed by atoms with Crippen LogP contribution in [-0.2, 0) is 39.0 Å². The summed E-state index contributed by atoms with van der Waals surface area (Å²) in [5.74, 6) is -1.24. The number of nitriles is 1. The molecule has 0 saturated carbocycles. The van der Waals surface area contributed by atoms with Crippen molar-refractivity contribution in [1.29, 1.82) is 5.26 Å². The van der Waals surface area contributed by atoms with E-state index in [0.717, 1.165) is 53.7 Å². The zero-order chi connectivity index (χ0) is 52.0. The van der Waals surface area contributed by atoms with Gasteiger partial charge < -0.3 is 15.5 Å². The number of hydrogen-bond acceptors (Lipinski definition) is 27. The maximum Gasteiger partial charge on any atom is 0.296 e. The third kappa shape index (κ3) is 11.6. The van der Waals surface area contributed by atoms with Crippen molar-refractivity contribution in [3.05, 3.63) is 102 Å². The van der Waals surface area contributed by atoms with Crippen LogP contribution in [0.25, 0.3) is 27.5 Å². The number of fused-ring (bicyclic) bond motifs is 4. The summed E-state index contributed by atoms with van der Waals surface area (Å²) in [6, 6.07) is 21.2. The van der Waals surface area contributed by atoms with Gasteiger partial charge in [-0.05, 0) is 66.9 Å². The highest BCUT2D eigenvalue weighted by atomic mass is 32.2. The normalized spacial score (nSPS) is 12.3. The van der Waals surface area contributed by atoms with Gasteiger partial charge in [0.2, 0.25) is 5.88 Å². The van der Waals surface area contributed by atoms with Crippen molar-refractivity contribution in [3.63, 3.8) is 0 Å². The molecule has 0 fully saturated rings. The van der Waals surface area contributed by atoms with E-state index in [0.29, 0.717) is 26.9 Å². The number of nitrogens with zero attached hydrogens (tertiary/aromatic N) is 11. The highest BCUT2D eigenvalue weighted by Crippen LogP contribution is 2.48. The van der Waals surface area contributed by atoms with Crippen LogP contribution in [0.1, 0.15) is 21.5 Å². The monoisotopic (exact) mass is 1110 g/mol. The molecule has 0 saturated heterocycles. The maximum absolute atomic E-state index is 13.4. The number of aromatic hydroxyl groups is 2. The first-order valence-corrected chi connectivity index (χ1v) is 26.2. The van der Waals surface area contributed by atoms with Crippen LogP contribution in [0.3, 0.4) is 0 Å². The zero-order valence-corrected chi connectivity index (χ0v) is 41.1. The largest absolute Gasteiger partial charge is 0.505 e. The lowest BCUT2D eigenvalue weighted by Crippen LogP contribution is -2.12. The summed E-state index contributed by atoms with van der Waals surface area (Å²) in [6.45, 7) is 1.44. The molecule has 0 radical (unpaired) electrons. The van der Waals surface area contributed by atoms with E-state index in [1.807, 2.05) is 6.07 Å². The number of benzene rings is 5. The molecular weight excluding hydrogens is 1080 g/mol. The number of phenols is 1. The molecule has 3 heterocycles. The summed E-state index contributed by atoms with van der Waals surface area (Å²) in [5, 5.41) is 92.3. The Labute approximate surface area is 425 Å². The van der Waals surface area contributed by atoms with Gasteiger partial charge in [0.15, 0.2) is 21.4 Å². The van der Waals surface area contributed by atoms with Crippen molar-refractivity contribution in [1.82, 2.24) is 19.6 Å². The van der Waals surface area contributed by atoms with Gasteiger partial charge in [-0.3, -0.25) is 18.3 Å². The number of carbonyl (C=O) groups is 1. The van der Waals surface area contributed by atoms with Crippen LogP contribution in [0.2, 0.25) is 0 Å². The summed E-state index contributed by atoms with van der Waals surface area (Å²) in [7, 11) is -10.4. The number of pyridine rings is 1. The Kier molecular flexibility index (Phi) is 16.0. The zero-order valence-electron chi connectivity index (χ0n) is 36.2. The maximum atomic E-state index is 13.4. The molecule has 8 rings (SSSR count). The van der Waals surface area contributed by atoms with Gasteiger partial charge in [0.25, 0.3) is 31.3 Å². The number of thioether (sulfide) groups is 1. The van der Waals surface area contributed by atoms with E-state index in [1.54, 1.807) is 42.5 Å². The lowest BCUT2D eigenvalue weighted by Gasteiger charge is -2.13. The molecular formula is C40H28N12O15S6. The second kappa shape index (κ2) is 22.3. The molecule has 27 nitrogen and oxygen atoms in total. The highest BCUT2D eigenvalue weighted by Gasteiger charge is 2.26. The van der Waals surface area contributed by atoms with Gasteiger partial charge in [-0.25, -0.2) is 15.5 Å². The smallest absolute Gasteiger partial charge is 0.296 e. The van der Waals surface area contributed by atoms with E-state index in [1.165, 1.54) is 35.2 Å². The molecule has 8 aromatic rings. The molecule has 1 amide bonds. The molecule has 5 aromatic carbocycles. The van der Waals surface area contributed by atoms with E-state index < -0.39 is 64.6 Å². The molecule has 0 bridgehead atoms. The molecule has 0 aliphatic heterocycles. The fourth-order valence-corrected chi connectivity index (χ4v) is 10.6. The van der Waals surface area contributed by atoms with Gasteiger partial charge in [-0.2, -0.15) is 22.1 Å². The second-order valence-electron chi connectivity index (χ2n) is 14.3. The number of imidazole rings is 1. The molecule has 374 valence electrons. The molecule has 0 unspecified atom stereocenters. The van der Waals surface area contributed by atoms with E-state index in [4.69, 9.17) is 10.5 Å². The van der Waals surface area contributed by atoms with Gasteiger partial charge >= 0.3 is 0 Å². The Morgan fingerprint density at radius 3 is 2.19 bits per heavy atom. The van der Waals surface area contributed by atoms with Crippen LogP contribution in [0.15, 0.2) is 135 Å².